The summed E-state index contributed by atoms with van der Waals surface area (Å²) in [6, 6.07) is 0. The van der Waals surface area contributed by atoms with E-state index in [-0.39, 0.29) is 0 Å². The molecule has 0 aromatic heterocycles. The fourth-order valence-electron chi connectivity index (χ4n) is 1.07. The second-order valence-corrected chi connectivity index (χ2v) is 3.58. The van der Waals surface area contributed by atoms with E-state index >= 15 is 0 Å². The van der Waals surface area contributed by atoms with Crippen molar-refractivity contribution in [2.45, 2.75) is 38.5 Å². The van der Waals surface area contributed by atoms with Gasteiger partial charge in [0.2, 0.25) is 0 Å². The molecule has 0 amide bonds. The third-order valence-electron chi connectivity index (χ3n) is 1.93. The van der Waals surface area contributed by atoms with Crippen molar-refractivity contribution in [2.75, 3.05) is 13.2 Å². The van der Waals surface area contributed by atoms with Gasteiger partial charge in [-0.1, -0.05) is 25.7 Å². The molecule has 18 heavy (non-hydrogen) atoms. The molecule has 6 heteroatoms. The van der Waals surface area contributed by atoms with E-state index in [4.69, 9.17) is 20.4 Å². The molecule has 0 unspecified atom stereocenters. The van der Waals surface area contributed by atoms with Crippen LogP contribution in [0.4, 0.5) is 0 Å². The molecule has 0 aromatic carbocycles. The summed E-state index contributed by atoms with van der Waals surface area (Å²) in [5.41, 5.74) is 0. The maximum Gasteiger partial charge on any atom is 0.328 e. The van der Waals surface area contributed by atoms with E-state index in [0.717, 1.165) is 25.7 Å². The smallest absolute Gasteiger partial charge is 0.328 e. The monoisotopic (exact) mass is 262 g/mol. The van der Waals surface area contributed by atoms with Gasteiger partial charge in [0.25, 0.3) is 0 Å². The van der Waals surface area contributed by atoms with Crippen LogP contribution < -0.4 is 0 Å². The standard InChI is InChI=1S/C8H18O2.C4H4O4/c9-7-5-3-1-2-4-6-8-10;5-3(6)1-2-4(7)8/h9-10H,1-8H2;1-2H,(H,5,6)(H,7,8)/b;2-1-. The second-order valence-electron chi connectivity index (χ2n) is 3.58. The van der Waals surface area contributed by atoms with E-state index < -0.39 is 11.9 Å². The van der Waals surface area contributed by atoms with Crippen LogP contribution in [0.15, 0.2) is 12.2 Å². The van der Waals surface area contributed by atoms with Gasteiger partial charge in [0.15, 0.2) is 0 Å². The van der Waals surface area contributed by atoms with E-state index in [1.807, 2.05) is 0 Å². The third kappa shape index (κ3) is 24.0. The van der Waals surface area contributed by atoms with Crippen molar-refractivity contribution in [3.05, 3.63) is 12.2 Å². The van der Waals surface area contributed by atoms with Gasteiger partial charge in [0, 0.05) is 25.4 Å². The predicted molar refractivity (Wildman–Crippen MR) is 66.3 cm³/mol. The van der Waals surface area contributed by atoms with E-state index in [1.165, 1.54) is 12.8 Å². The Hall–Kier alpha value is -1.40. The van der Waals surface area contributed by atoms with Gasteiger partial charge < -0.3 is 20.4 Å². The third-order valence-corrected chi connectivity index (χ3v) is 1.93. The molecule has 0 aromatic rings. The van der Waals surface area contributed by atoms with Crippen LogP contribution in [0.1, 0.15) is 38.5 Å². The molecule has 0 heterocycles. The molecular weight excluding hydrogens is 240 g/mol. The van der Waals surface area contributed by atoms with Gasteiger partial charge in [-0.15, -0.1) is 0 Å². The summed E-state index contributed by atoms with van der Waals surface area (Å²) in [6.07, 6.45) is 7.62. The molecular formula is C12H22O6. The number of aliphatic hydroxyl groups excluding tert-OH is 2. The van der Waals surface area contributed by atoms with Crippen LogP contribution in [0.2, 0.25) is 0 Å². The molecule has 0 bridgehead atoms. The summed E-state index contributed by atoms with van der Waals surface area (Å²) in [7, 11) is 0. The molecule has 0 aliphatic rings. The molecule has 0 spiro atoms. The summed E-state index contributed by atoms with van der Waals surface area (Å²) in [5, 5.41) is 32.5. The Kier molecular flexibility index (Phi) is 16.4. The topological polar surface area (TPSA) is 115 Å². The van der Waals surface area contributed by atoms with Crippen molar-refractivity contribution in [3.8, 4) is 0 Å². The van der Waals surface area contributed by atoms with E-state index in [0.29, 0.717) is 25.4 Å². The van der Waals surface area contributed by atoms with Gasteiger partial charge >= 0.3 is 11.9 Å². The Balaban J connectivity index is 0. The van der Waals surface area contributed by atoms with Crippen molar-refractivity contribution in [2.24, 2.45) is 0 Å². The highest BCUT2D eigenvalue weighted by Crippen LogP contribution is 2.03. The van der Waals surface area contributed by atoms with E-state index in [1.54, 1.807) is 0 Å². The van der Waals surface area contributed by atoms with Crippen LogP contribution in [0, 0.1) is 0 Å². The lowest BCUT2D eigenvalue weighted by Gasteiger charge is -1.97. The lowest BCUT2D eigenvalue weighted by molar-refractivity contribution is -0.134. The zero-order valence-electron chi connectivity index (χ0n) is 10.4. The number of aliphatic hydroxyl groups is 2. The predicted octanol–water partition coefficient (Wildman–Crippen LogP) is 1.02. The quantitative estimate of drug-likeness (QED) is 0.364. The largest absolute Gasteiger partial charge is 0.478 e. The maximum absolute atomic E-state index is 9.55. The number of hydrogen-bond donors (Lipinski definition) is 4. The van der Waals surface area contributed by atoms with Gasteiger partial charge in [0.1, 0.15) is 0 Å². The van der Waals surface area contributed by atoms with Gasteiger partial charge in [0.05, 0.1) is 0 Å². The molecule has 4 N–H and O–H groups in total. The van der Waals surface area contributed by atoms with Gasteiger partial charge in [-0.25, -0.2) is 9.59 Å². The normalized spacial score (nSPS) is 9.89. The number of carbonyl (C=O) groups is 2. The van der Waals surface area contributed by atoms with Crippen molar-refractivity contribution < 1.29 is 30.0 Å². The summed E-state index contributed by atoms with van der Waals surface area (Å²) in [6.45, 7) is 0.639. The van der Waals surface area contributed by atoms with Crippen LogP contribution in [-0.4, -0.2) is 45.6 Å². The summed E-state index contributed by atoms with van der Waals surface area (Å²) >= 11 is 0. The highest BCUT2D eigenvalue weighted by atomic mass is 16.4. The fraction of sp³-hybridized carbons (Fsp3) is 0.667. The minimum atomic E-state index is -1.26. The van der Waals surface area contributed by atoms with Crippen LogP contribution in [0.3, 0.4) is 0 Å². The zero-order chi connectivity index (χ0) is 14.2. The number of carboxylic acids is 2. The molecule has 0 fully saturated rings. The molecule has 0 saturated carbocycles. The van der Waals surface area contributed by atoms with Crippen molar-refractivity contribution in [1.29, 1.82) is 0 Å². The highest BCUT2D eigenvalue weighted by molar-refractivity contribution is 5.89. The molecule has 0 radical (unpaired) electrons. The average Bonchev–Trinajstić information content (AvgIpc) is 2.32. The minimum Gasteiger partial charge on any atom is -0.478 e. The Morgan fingerprint density at radius 1 is 0.667 bits per heavy atom. The summed E-state index contributed by atoms with van der Waals surface area (Å²) in [4.78, 5) is 19.1. The van der Waals surface area contributed by atoms with Gasteiger partial charge in [-0.2, -0.15) is 0 Å². The Bertz CT molecular complexity index is 213. The van der Waals surface area contributed by atoms with E-state index in [2.05, 4.69) is 0 Å². The molecule has 0 saturated heterocycles. The first kappa shape index (κ1) is 19.0. The molecule has 0 atom stereocenters. The first-order chi connectivity index (χ1) is 8.54. The van der Waals surface area contributed by atoms with Crippen LogP contribution in [-0.2, 0) is 9.59 Å². The Morgan fingerprint density at radius 3 is 1.17 bits per heavy atom. The number of aliphatic carboxylic acids is 2. The molecule has 0 aliphatic carbocycles. The maximum atomic E-state index is 9.55. The number of hydrogen-bond acceptors (Lipinski definition) is 4. The van der Waals surface area contributed by atoms with Gasteiger partial charge in [-0.05, 0) is 12.8 Å². The van der Waals surface area contributed by atoms with Crippen molar-refractivity contribution >= 4 is 11.9 Å². The number of carboxylic acid groups (broad SMARTS) is 2. The summed E-state index contributed by atoms with van der Waals surface area (Å²) in [5.74, 6) is -2.51. The Morgan fingerprint density at radius 2 is 0.944 bits per heavy atom. The first-order valence-electron chi connectivity index (χ1n) is 5.90. The molecule has 6 nitrogen and oxygen atoms in total. The fourth-order valence-corrected chi connectivity index (χ4v) is 1.07. The molecule has 0 aliphatic heterocycles. The van der Waals surface area contributed by atoms with Crippen molar-refractivity contribution in [1.82, 2.24) is 0 Å². The van der Waals surface area contributed by atoms with Crippen LogP contribution in [0.5, 0.6) is 0 Å². The number of unbranched alkanes of at least 4 members (excludes halogenated alkanes) is 5. The lowest BCUT2D eigenvalue weighted by Crippen LogP contribution is -1.91. The van der Waals surface area contributed by atoms with Gasteiger partial charge in [-0.3, -0.25) is 0 Å². The summed E-state index contributed by atoms with van der Waals surface area (Å²) < 4.78 is 0. The average molecular weight is 262 g/mol. The second kappa shape index (κ2) is 15.6. The highest BCUT2D eigenvalue weighted by Gasteiger charge is 1.89. The lowest BCUT2D eigenvalue weighted by atomic mass is 10.1. The Labute approximate surface area is 107 Å². The van der Waals surface area contributed by atoms with Crippen LogP contribution >= 0.6 is 0 Å². The minimum absolute atomic E-state index is 0.319. The van der Waals surface area contributed by atoms with E-state index in [9.17, 15) is 9.59 Å². The molecule has 106 valence electrons. The molecule has 0 rings (SSSR count). The van der Waals surface area contributed by atoms with Crippen LogP contribution in [0.25, 0.3) is 0 Å². The zero-order valence-corrected chi connectivity index (χ0v) is 10.4. The first-order valence-corrected chi connectivity index (χ1v) is 5.90. The number of rotatable bonds is 9. The SMILES string of the molecule is O=C(O)/C=C\C(=O)O.OCCCCCCCCO. The van der Waals surface area contributed by atoms with Crippen molar-refractivity contribution in [3.63, 3.8) is 0 Å².